The molecule has 24 heavy (non-hydrogen) atoms. The molecule has 1 heterocycles. The standard InChI is InChI=1S/C21H16N2O/c22-21(24)17-10-6-11-18(13-17)23-19-12-5-4-9-16(19)14-20(23)15-7-2-1-3-8-15/h1-14H,(H2,22,24). The molecule has 0 bridgehead atoms. The zero-order valence-electron chi connectivity index (χ0n) is 13.0. The van der Waals surface area contributed by atoms with Crippen LogP contribution in [0.5, 0.6) is 0 Å². The molecule has 3 aromatic carbocycles. The first-order valence-corrected chi connectivity index (χ1v) is 7.80. The molecule has 0 fully saturated rings. The highest BCUT2D eigenvalue weighted by Crippen LogP contribution is 2.31. The minimum Gasteiger partial charge on any atom is -0.366 e. The molecule has 0 aliphatic carbocycles. The number of hydrogen-bond acceptors (Lipinski definition) is 1. The zero-order valence-corrected chi connectivity index (χ0v) is 13.0. The first-order valence-electron chi connectivity index (χ1n) is 7.80. The van der Waals surface area contributed by atoms with E-state index in [0.29, 0.717) is 5.56 Å². The van der Waals surface area contributed by atoms with Crippen molar-refractivity contribution in [2.75, 3.05) is 0 Å². The highest BCUT2D eigenvalue weighted by Gasteiger charge is 2.13. The van der Waals surface area contributed by atoms with Gasteiger partial charge in [0.15, 0.2) is 0 Å². The van der Waals surface area contributed by atoms with Crippen molar-refractivity contribution in [3.63, 3.8) is 0 Å². The lowest BCUT2D eigenvalue weighted by atomic mass is 10.1. The van der Waals surface area contributed by atoms with Gasteiger partial charge in [0.2, 0.25) is 5.91 Å². The van der Waals surface area contributed by atoms with Crippen LogP contribution in [-0.4, -0.2) is 10.5 Å². The van der Waals surface area contributed by atoms with Crippen molar-refractivity contribution in [1.82, 2.24) is 4.57 Å². The fourth-order valence-corrected chi connectivity index (χ4v) is 3.05. The Hall–Kier alpha value is -3.33. The number of nitrogens with two attached hydrogens (primary N) is 1. The molecule has 116 valence electrons. The van der Waals surface area contributed by atoms with Crippen molar-refractivity contribution >= 4 is 16.8 Å². The average Bonchev–Trinajstić information content (AvgIpc) is 3.02. The Bertz CT molecular complexity index is 1030. The lowest BCUT2D eigenvalue weighted by Crippen LogP contribution is -2.11. The topological polar surface area (TPSA) is 48.0 Å². The summed E-state index contributed by atoms with van der Waals surface area (Å²) in [6, 6.07) is 28.0. The molecule has 0 unspecified atom stereocenters. The Kier molecular flexibility index (Phi) is 3.39. The Morgan fingerprint density at radius 1 is 0.792 bits per heavy atom. The number of para-hydroxylation sites is 1. The van der Waals surface area contributed by atoms with E-state index in [1.165, 1.54) is 0 Å². The van der Waals surface area contributed by atoms with E-state index >= 15 is 0 Å². The van der Waals surface area contributed by atoms with Crippen LogP contribution in [0, 0.1) is 0 Å². The monoisotopic (exact) mass is 312 g/mol. The van der Waals surface area contributed by atoms with Crippen LogP contribution < -0.4 is 5.73 Å². The third-order valence-electron chi connectivity index (χ3n) is 4.17. The molecule has 0 radical (unpaired) electrons. The number of carbonyl (C=O) groups is 1. The summed E-state index contributed by atoms with van der Waals surface area (Å²) in [5.74, 6) is -0.422. The largest absolute Gasteiger partial charge is 0.366 e. The average molecular weight is 312 g/mol. The number of amides is 1. The molecule has 0 aliphatic rings. The van der Waals surface area contributed by atoms with Gasteiger partial charge in [0.1, 0.15) is 0 Å². The Labute approximate surface area is 140 Å². The van der Waals surface area contributed by atoms with E-state index in [1.807, 2.05) is 48.5 Å². The Morgan fingerprint density at radius 2 is 1.54 bits per heavy atom. The molecule has 4 aromatic rings. The molecule has 2 N–H and O–H groups in total. The zero-order chi connectivity index (χ0) is 16.5. The van der Waals surface area contributed by atoms with Gasteiger partial charge in [-0.25, -0.2) is 0 Å². The van der Waals surface area contributed by atoms with E-state index in [1.54, 1.807) is 6.07 Å². The van der Waals surface area contributed by atoms with Gasteiger partial charge >= 0.3 is 0 Å². The predicted molar refractivity (Wildman–Crippen MR) is 97.2 cm³/mol. The summed E-state index contributed by atoms with van der Waals surface area (Å²) >= 11 is 0. The highest BCUT2D eigenvalue weighted by molar-refractivity contribution is 5.94. The predicted octanol–water partition coefficient (Wildman–Crippen LogP) is 4.40. The first-order chi connectivity index (χ1) is 11.7. The van der Waals surface area contributed by atoms with E-state index in [4.69, 9.17) is 5.73 Å². The molecular formula is C21H16N2O. The second-order valence-electron chi connectivity index (χ2n) is 5.70. The van der Waals surface area contributed by atoms with Gasteiger partial charge < -0.3 is 10.3 Å². The maximum Gasteiger partial charge on any atom is 0.248 e. The van der Waals surface area contributed by atoms with Crippen LogP contribution in [-0.2, 0) is 0 Å². The number of benzene rings is 3. The lowest BCUT2D eigenvalue weighted by Gasteiger charge is -2.12. The van der Waals surface area contributed by atoms with Crippen LogP contribution in [0.25, 0.3) is 27.8 Å². The van der Waals surface area contributed by atoms with Crippen LogP contribution in [0.1, 0.15) is 10.4 Å². The second-order valence-corrected chi connectivity index (χ2v) is 5.70. The van der Waals surface area contributed by atoms with Gasteiger partial charge in [0, 0.05) is 16.6 Å². The smallest absolute Gasteiger partial charge is 0.248 e. The van der Waals surface area contributed by atoms with Crippen LogP contribution >= 0.6 is 0 Å². The molecule has 3 nitrogen and oxygen atoms in total. The van der Waals surface area contributed by atoms with Gasteiger partial charge in [0.05, 0.1) is 11.2 Å². The van der Waals surface area contributed by atoms with Crippen LogP contribution in [0.15, 0.2) is 84.9 Å². The van der Waals surface area contributed by atoms with Gasteiger partial charge in [-0.3, -0.25) is 4.79 Å². The quantitative estimate of drug-likeness (QED) is 0.599. The summed E-state index contributed by atoms with van der Waals surface area (Å²) in [5.41, 5.74) is 10.2. The first kappa shape index (κ1) is 14.3. The SMILES string of the molecule is NC(=O)c1cccc(-n2c(-c3ccccc3)cc3ccccc32)c1. The van der Waals surface area contributed by atoms with Crippen molar-refractivity contribution in [3.8, 4) is 16.9 Å². The molecule has 0 aliphatic heterocycles. The van der Waals surface area contributed by atoms with Crippen LogP contribution in [0.3, 0.4) is 0 Å². The Morgan fingerprint density at radius 3 is 2.33 bits per heavy atom. The number of nitrogens with zero attached hydrogens (tertiary/aromatic N) is 1. The van der Waals surface area contributed by atoms with Crippen molar-refractivity contribution < 1.29 is 4.79 Å². The van der Waals surface area contributed by atoms with E-state index in [0.717, 1.165) is 27.8 Å². The highest BCUT2D eigenvalue weighted by atomic mass is 16.1. The van der Waals surface area contributed by atoms with Crippen molar-refractivity contribution in [2.45, 2.75) is 0 Å². The normalized spacial score (nSPS) is 10.8. The van der Waals surface area contributed by atoms with E-state index in [2.05, 4.69) is 34.9 Å². The molecule has 0 saturated carbocycles. The summed E-state index contributed by atoms with van der Waals surface area (Å²) in [6.07, 6.45) is 0. The van der Waals surface area contributed by atoms with Crippen molar-refractivity contribution in [3.05, 3.63) is 90.5 Å². The fourth-order valence-electron chi connectivity index (χ4n) is 3.05. The molecule has 1 amide bonds. The minimum atomic E-state index is -0.422. The number of carbonyl (C=O) groups excluding carboxylic acids is 1. The van der Waals surface area contributed by atoms with E-state index < -0.39 is 5.91 Å². The van der Waals surface area contributed by atoms with E-state index in [-0.39, 0.29) is 0 Å². The van der Waals surface area contributed by atoms with Gasteiger partial charge in [-0.15, -0.1) is 0 Å². The lowest BCUT2D eigenvalue weighted by molar-refractivity contribution is 0.100. The summed E-state index contributed by atoms with van der Waals surface area (Å²) < 4.78 is 2.16. The fraction of sp³-hybridized carbons (Fsp3) is 0. The molecule has 3 heteroatoms. The van der Waals surface area contributed by atoms with Gasteiger partial charge in [-0.05, 0) is 35.9 Å². The number of hydrogen-bond donors (Lipinski definition) is 1. The molecule has 1 aromatic heterocycles. The summed E-state index contributed by atoms with van der Waals surface area (Å²) in [6.45, 7) is 0. The maximum absolute atomic E-state index is 11.6. The number of primary amides is 1. The third-order valence-corrected chi connectivity index (χ3v) is 4.17. The van der Waals surface area contributed by atoms with Crippen LogP contribution in [0.2, 0.25) is 0 Å². The summed E-state index contributed by atoms with van der Waals surface area (Å²) in [4.78, 5) is 11.6. The van der Waals surface area contributed by atoms with Crippen LogP contribution in [0.4, 0.5) is 0 Å². The summed E-state index contributed by atoms with van der Waals surface area (Å²) in [5, 5.41) is 1.15. The molecule has 0 spiro atoms. The van der Waals surface area contributed by atoms with E-state index in [9.17, 15) is 4.79 Å². The Balaban J connectivity index is 2.03. The number of fused-ring (bicyclic) bond motifs is 1. The van der Waals surface area contributed by atoms with Gasteiger partial charge in [-0.1, -0.05) is 54.6 Å². The van der Waals surface area contributed by atoms with Crippen molar-refractivity contribution in [1.29, 1.82) is 0 Å². The molecule has 0 saturated heterocycles. The molecular weight excluding hydrogens is 296 g/mol. The number of rotatable bonds is 3. The molecule has 4 rings (SSSR count). The molecule has 0 atom stereocenters. The van der Waals surface area contributed by atoms with Gasteiger partial charge in [0.25, 0.3) is 0 Å². The minimum absolute atomic E-state index is 0.422. The summed E-state index contributed by atoms with van der Waals surface area (Å²) in [7, 11) is 0. The van der Waals surface area contributed by atoms with Gasteiger partial charge in [-0.2, -0.15) is 0 Å². The third kappa shape index (κ3) is 2.36. The second kappa shape index (κ2) is 5.70. The maximum atomic E-state index is 11.6. The van der Waals surface area contributed by atoms with Crippen molar-refractivity contribution in [2.24, 2.45) is 5.73 Å². The number of aromatic nitrogens is 1.